The molecule has 0 fully saturated rings. The molecule has 1 aromatic carbocycles. The lowest BCUT2D eigenvalue weighted by Gasteiger charge is -2.13. The van der Waals surface area contributed by atoms with Gasteiger partial charge in [-0.1, -0.05) is 6.07 Å². The SMILES string of the molecule is CCOC(=O)c1ccc(Nc2ncnc(Nc3ncccc3C)c2N)cc1. The van der Waals surface area contributed by atoms with Gasteiger partial charge in [0.1, 0.15) is 17.8 Å². The van der Waals surface area contributed by atoms with Crippen LogP contribution in [0.1, 0.15) is 22.8 Å². The molecule has 2 heterocycles. The summed E-state index contributed by atoms with van der Waals surface area (Å²) in [6.07, 6.45) is 3.10. The second kappa shape index (κ2) is 8.13. The van der Waals surface area contributed by atoms with Crippen LogP contribution in [0.2, 0.25) is 0 Å². The van der Waals surface area contributed by atoms with Crippen LogP contribution in [0.15, 0.2) is 48.9 Å². The maximum Gasteiger partial charge on any atom is 0.338 e. The number of esters is 1. The lowest BCUT2D eigenvalue weighted by molar-refractivity contribution is 0.0526. The number of hydrogen-bond acceptors (Lipinski definition) is 8. The summed E-state index contributed by atoms with van der Waals surface area (Å²) in [6, 6.07) is 10.7. The van der Waals surface area contributed by atoms with E-state index >= 15 is 0 Å². The average molecular weight is 364 g/mol. The number of nitrogen functional groups attached to an aromatic ring is 1. The Bertz CT molecular complexity index is 943. The van der Waals surface area contributed by atoms with Gasteiger partial charge >= 0.3 is 5.97 Å². The molecule has 0 radical (unpaired) electrons. The molecule has 0 aliphatic heterocycles. The lowest BCUT2D eigenvalue weighted by atomic mass is 10.2. The Morgan fingerprint density at radius 3 is 2.41 bits per heavy atom. The zero-order chi connectivity index (χ0) is 19.2. The molecular formula is C19H20N6O2. The van der Waals surface area contributed by atoms with Gasteiger partial charge in [0.2, 0.25) is 0 Å². The van der Waals surface area contributed by atoms with Gasteiger partial charge in [-0.3, -0.25) is 0 Å². The minimum atomic E-state index is -0.359. The van der Waals surface area contributed by atoms with Crippen LogP contribution in [0.25, 0.3) is 0 Å². The Hall–Kier alpha value is -3.68. The number of carbonyl (C=O) groups is 1. The molecule has 8 heteroatoms. The van der Waals surface area contributed by atoms with E-state index < -0.39 is 0 Å². The predicted octanol–water partition coefficient (Wildman–Crippen LogP) is 3.43. The molecule has 0 aliphatic carbocycles. The largest absolute Gasteiger partial charge is 0.462 e. The molecule has 0 unspecified atom stereocenters. The van der Waals surface area contributed by atoms with Gasteiger partial charge < -0.3 is 21.1 Å². The van der Waals surface area contributed by atoms with Crippen LogP contribution in [0.3, 0.4) is 0 Å². The minimum absolute atomic E-state index is 0.335. The number of benzene rings is 1. The highest BCUT2D eigenvalue weighted by Crippen LogP contribution is 2.28. The maximum absolute atomic E-state index is 11.7. The molecule has 138 valence electrons. The molecule has 3 rings (SSSR count). The van der Waals surface area contributed by atoms with E-state index in [0.717, 1.165) is 11.3 Å². The van der Waals surface area contributed by atoms with E-state index in [1.54, 1.807) is 37.4 Å². The first kappa shape index (κ1) is 18.1. The number of pyridine rings is 1. The third-order valence-corrected chi connectivity index (χ3v) is 3.79. The highest BCUT2D eigenvalue weighted by molar-refractivity contribution is 5.90. The Balaban J connectivity index is 1.78. The molecule has 2 aromatic heterocycles. The summed E-state index contributed by atoms with van der Waals surface area (Å²) in [4.78, 5) is 24.4. The summed E-state index contributed by atoms with van der Waals surface area (Å²) in [5.41, 5.74) is 8.73. The zero-order valence-electron chi connectivity index (χ0n) is 15.1. The fourth-order valence-electron chi connectivity index (χ4n) is 2.36. The number of nitrogens with zero attached hydrogens (tertiary/aromatic N) is 3. The summed E-state index contributed by atoms with van der Waals surface area (Å²) in [6.45, 7) is 4.04. The molecule has 0 aliphatic rings. The molecule has 0 atom stereocenters. The van der Waals surface area contributed by atoms with Gasteiger partial charge in [0.15, 0.2) is 11.6 Å². The summed E-state index contributed by atoms with van der Waals surface area (Å²) in [5.74, 6) is 1.22. The summed E-state index contributed by atoms with van der Waals surface area (Å²) in [7, 11) is 0. The van der Waals surface area contributed by atoms with Crippen molar-refractivity contribution in [1.82, 2.24) is 15.0 Å². The van der Waals surface area contributed by atoms with Gasteiger partial charge in [0.05, 0.1) is 12.2 Å². The van der Waals surface area contributed by atoms with Crippen LogP contribution in [0.5, 0.6) is 0 Å². The second-order valence-electron chi connectivity index (χ2n) is 5.70. The Kier molecular flexibility index (Phi) is 5.46. The van der Waals surface area contributed by atoms with Crippen molar-refractivity contribution in [3.8, 4) is 0 Å². The number of nitrogens with one attached hydrogen (secondary N) is 2. The van der Waals surface area contributed by atoms with Crippen molar-refractivity contribution in [2.24, 2.45) is 0 Å². The van der Waals surface area contributed by atoms with Crippen LogP contribution in [-0.2, 0) is 4.74 Å². The van der Waals surface area contributed by atoms with Crippen molar-refractivity contribution < 1.29 is 9.53 Å². The quantitative estimate of drug-likeness (QED) is 0.570. The third-order valence-electron chi connectivity index (χ3n) is 3.79. The topological polar surface area (TPSA) is 115 Å². The fourth-order valence-corrected chi connectivity index (χ4v) is 2.36. The molecule has 0 amide bonds. The lowest BCUT2D eigenvalue weighted by Crippen LogP contribution is -2.07. The van der Waals surface area contributed by atoms with E-state index in [1.807, 2.05) is 19.1 Å². The van der Waals surface area contributed by atoms with E-state index in [9.17, 15) is 4.79 Å². The van der Waals surface area contributed by atoms with Crippen molar-refractivity contribution in [3.63, 3.8) is 0 Å². The minimum Gasteiger partial charge on any atom is -0.462 e. The van der Waals surface area contributed by atoms with Crippen molar-refractivity contribution in [2.75, 3.05) is 23.0 Å². The van der Waals surface area contributed by atoms with Gasteiger partial charge in [0.25, 0.3) is 0 Å². The summed E-state index contributed by atoms with van der Waals surface area (Å²) in [5, 5.41) is 6.24. The van der Waals surface area contributed by atoms with E-state index in [1.165, 1.54) is 6.33 Å². The zero-order valence-corrected chi connectivity index (χ0v) is 15.1. The Morgan fingerprint density at radius 2 is 1.74 bits per heavy atom. The summed E-state index contributed by atoms with van der Waals surface area (Å²) < 4.78 is 4.97. The number of aromatic nitrogens is 3. The maximum atomic E-state index is 11.7. The normalized spacial score (nSPS) is 10.3. The Morgan fingerprint density at radius 1 is 1.04 bits per heavy atom. The number of hydrogen-bond donors (Lipinski definition) is 3. The molecular weight excluding hydrogens is 344 g/mol. The molecule has 0 spiro atoms. The molecule has 0 saturated heterocycles. The number of aryl methyl sites for hydroxylation is 1. The van der Waals surface area contributed by atoms with Crippen LogP contribution in [0, 0.1) is 6.92 Å². The standard InChI is InChI=1S/C19H20N6O2/c1-3-27-19(26)13-6-8-14(9-7-13)24-17-15(20)18(23-11-22-17)25-16-12(2)5-4-10-21-16/h4-11H,3,20H2,1-2H3,(H2,21,22,23,24,25). The first-order chi connectivity index (χ1) is 13.1. The monoisotopic (exact) mass is 364 g/mol. The highest BCUT2D eigenvalue weighted by atomic mass is 16.5. The van der Waals surface area contributed by atoms with Gasteiger partial charge in [-0.15, -0.1) is 0 Å². The fraction of sp³-hybridized carbons (Fsp3) is 0.158. The molecule has 8 nitrogen and oxygen atoms in total. The predicted molar refractivity (Wildman–Crippen MR) is 104 cm³/mol. The van der Waals surface area contributed by atoms with E-state index in [4.69, 9.17) is 10.5 Å². The number of ether oxygens (including phenoxy) is 1. The number of nitrogens with two attached hydrogens (primary N) is 1. The van der Waals surface area contributed by atoms with E-state index in [-0.39, 0.29) is 5.97 Å². The van der Waals surface area contributed by atoms with Gasteiger partial charge in [-0.2, -0.15) is 0 Å². The number of anilines is 5. The highest BCUT2D eigenvalue weighted by Gasteiger charge is 2.11. The smallest absolute Gasteiger partial charge is 0.338 e. The number of carbonyl (C=O) groups excluding carboxylic acids is 1. The van der Waals surface area contributed by atoms with Crippen molar-refractivity contribution in [1.29, 1.82) is 0 Å². The first-order valence-electron chi connectivity index (χ1n) is 8.41. The van der Waals surface area contributed by atoms with Gasteiger partial charge in [-0.25, -0.2) is 19.7 Å². The molecule has 0 bridgehead atoms. The molecule has 27 heavy (non-hydrogen) atoms. The van der Waals surface area contributed by atoms with Crippen LogP contribution < -0.4 is 16.4 Å². The molecule has 4 N–H and O–H groups in total. The molecule has 0 saturated carbocycles. The first-order valence-corrected chi connectivity index (χ1v) is 8.41. The van der Waals surface area contributed by atoms with E-state index in [0.29, 0.717) is 35.3 Å². The van der Waals surface area contributed by atoms with Crippen LogP contribution in [0.4, 0.5) is 28.8 Å². The number of rotatable bonds is 6. The third kappa shape index (κ3) is 4.30. The van der Waals surface area contributed by atoms with Crippen molar-refractivity contribution in [2.45, 2.75) is 13.8 Å². The summed E-state index contributed by atoms with van der Waals surface area (Å²) >= 11 is 0. The van der Waals surface area contributed by atoms with Crippen LogP contribution >= 0.6 is 0 Å². The van der Waals surface area contributed by atoms with Gasteiger partial charge in [0, 0.05) is 11.9 Å². The second-order valence-corrected chi connectivity index (χ2v) is 5.70. The van der Waals surface area contributed by atoms with Crippen molar-refractivity contribution >= 4 is 34.8 Å². The van der Waals surface area contributed by atoms with Crippen LogP contribution in [-0.4, -0.2) is 27.5 Å². The van der Waals surface area contributed by atoms with E-state index in [2.05, 4.69) is 25.6 Å². The Labute approximate surface area is 156 Å². The van der Waals surface area contributed by atoms with Gasteiger partial charge in [-0.05, 0) is 49.7 Å². The molecule has 3 aromatic rings. The van der Waals surface area contributed by atoms with Crippen molar-refractivity contribution in [3.05, 3.63) is 60.0 Å². The average Bonchev–Trinajstić information content (AvgIpc) is 2.67.